The van der Waals surface area contributed by atoms with Gasteiger partial charge >= 0.3 is 0 Å². The summed E-state index contributed by atoms with van der Waals surface area (Å²) in [6, 6.07) is 19.2. The van der Waals surface area contributed by atoms with Gasteiger partial charge in [0.05, 0.1) is 0 Å². The van der Waals surface area contributed by atoms with Gasteiger partial charge in [0, 0.05) is 11.3 Å². The molecule has 0 radical (unpaired) electrons. The zero-order chi connectivity index (χ0) is 27.0. The fourth-order valence-corrected chi connectivity index (χ4v) is 5.83. The molecule has 0 aliphatic heterocycles. The second-order valence-corrected chi connectivity index (χ2v) is 11.8. The van der Waals surface area contributed by atoms with E-state index in [4.69, 9.17) is 0 Å². The van der Waals surface area contributed by atoms with E-state index in [0.717, 1.165) is 12.0 Å². The molecule has 1 amide bonds. The Labute approximate surface area is 222 Å². The summed E-state index contributed by atoms with van der Waals surface area (Å²) in [6.07, 6.45) is 5.68. The van der Waals surface area contributed by atoms with Crippen LogP contribution in [0.1, 0.15) is 99.5 Å². The van der Waals surface area contributed by atoms with Crippen LogP contribution in [0.3, 0.4) is 0 Å². The van der Waals surface area contributed by atoms with E-state index in [1.165, 1.54) is 40.7 Å². The third-order valence-corrected chi connectivity index (χ3v) is 8.70. The van der Waals surface area contributed by atoms with E-state index >= 15 is 0 Å². The summed E-state index contributed by atoms with van der Waals surface area (Å²) in [4.78, 5) is 12.7. The van der Waals surface area contributed by atoms with Gasteiger partial charge < -0.3 is 10.4 Å². The number of amides is 1. The molecule has 37 heavy (non-hydrogen) atoms. The molecule has 4 rings (SSSR count). The number of unbranched alkanes of at least 4 members (excludes halogenated alkanes) is 1. The van der Waals surface area contributed by atoms with Crippen molar-refractivity contribution >= 4 is 23.2 Å². The first kappa shape index (κ1) is 26.7. The van der Waals surface area contributed by atoms with Gasteiger partial charge in [-0.15, -0.1) is 0 Å². The topological polar surface area (TPSA) is 49.3 Å². The number of phenolic OH excluding ortho intramolecular Hbond substituents is 1. The molecule has 3 nitrogen and oxygen atoms in total. The molecular weight excluding hydrogens is 454 g/mol. The van der Waals surface area contributed by atoms with Gasteiger partial charge in [0.2, 0.25) is 0 Å². The highest BCUT2D eigenvalue weighted by molar-refractivity contribution is 6.04. The van der Waals surface area contributed by atoms with Gasteiger partial charge in [-0.05, 0) is 106 Å². The van der Waals surface area contributed by atoms with Crippen molar-refractivity contribution in [2.45, 2.75) is 78.6 Å². The van der Waals surface area contributed by atoms with Gasteiger partial charge in [0.15, 0.2) is 0 Å². The highest BCUT2D eigenvalue weighted by atomic mass is 16.3. The predicted molar refractivity (Wildman–Crippen MR) is 156 cm³/mol. The third-order valence-electron chi connectivity index (χ3n) is 8.70. The smallest absolute Gasteiger partial charge is 0.255 e. The van der Waals surface area contributed by atoms with Crippen LogP contribution >= 0.6 is 0 Å². The Kier molecular flexibility index (Phi) is 7.37. The first-order valence-corrected chi connectivity index (χ1v) is 13.5. The van der Waals surface area contributed by atoms with Crippen LogP contribution in [0, 0.1) is 5.92 Å². The normalized spacial score (nSPS) is 17.9. The van der Waals surface area contributed by atoms with Gasteiger partial charge in [-0.1, -0.05) is 78.3 Å². The Morgan fingerprint density at radius 1 is 0.946 bits per heavy atom. The van der Waals surface area contributed by atoms with Crippen LogP contribution in [-0.4, -0.2) is 11.0 Å². The molecule has 194 valence electrons. The number of phenols is 1. The van der Waals surface area contributed by atoms with E-state index in [2.05, 4.69) is 72.0 Å². The summed E-state index contributed by atoms with van der Waals surface area (Å²) in [6.45, 7) is 16.4. The number of anilines is 1. The molecule has 1 atom stereocenters. The molecule has 0 fully saturated rings. The number of hydrogen-bond donors (Lipinski definition) is 2. The maximum absolute atomic E-state index is 12.7. The Hall–Kier alpha value is -3.33. The molecule has 2 N–H and O–H groups in total. The summed E-state index contributed by atoms with van der Waals surface area (Å²) in [5.41, 5.74) is 9.65. The van der Waals surface area contributed by atoms with Gasteiger partial charge in [-0.2, -0.15) is 0 Å². The van der Waals surface area contributed by atoms with Crippen molar-refractivity contribution in [2.24, 2.45) is 5.92 Å². The van der Waals surface area contributed by atoms with Crippen molar-refractivity contribution in [3.05, 3.63) is 94.0 Å². The van der Waals surface area contributed by atoms with Gasteiger partial charge in [0.25, 0.3) is 5.91 Å². The summed E-state index contributed by atoms with van der Waals surface area (Å²) < 4.78 is 0. The molecule has 3 heteroatoms. The SMILES string of the molecule is CCCCc1cc2c(cc1/C(C)=C/c1ccc(C(=O)Nc3ccc(O)cc3)cc1)C(C)(C)C(C)C2(C)C. The Morgan fingerprint density at radius 2 is 1.54 bits per heavy atom. The molecule has 1 aliphatic carbocycles. The van der Waals surface area contributed by atoms with Crippen LogP contribution in [0.4, 0.5) is 5.69 Å². The average molecular weight is 496 g/mol. The van der Waals surface area contributed by atoms with Gasteiger partial charge in [0.1, 0.15) is 5.75 Å². The van der Waals surface area contributed by atoms with Crippen molar-refractivity contribution in [3.63, 3.8) is 0 Å². The molecule has 0 bridgehead atoms. The largest absolute Gasteiger partial charge is 0.508 e. The van der Waals surface area contributed by atoms with Crippen molar-refractivity contribution in [1.29, 1.82) is 0 Å². The van der Waals surface area contributed by atoms with E-state index in [-0.39, 0.29) is 22.5 Å². The van der Waals surface area contributed by atoms with Crippen molar-refractivity contribution < 1.29 is 9.90 Å². The Balaban J connectivity index is 1.63. The molecule has 0 aromatic heterocycles. The van der Waals surface area contributed by atoms with Crippen LogP contribution in [0.15, 0.2) is 60.7 Å². The first-order chi connectivity index (χ1) is 17.4. The monoisotopic (exact) mass is 495 g/mol. The summed E-state index contributed by atoms with van der Waals surface area (Å²) >= 11 is 0. The van der Waals surface area contributed by atoms with Crippen molar-refractivity contribution in [1.82, 2.24) is 0 Å². The molecular formula is C34H41NO2. The second-order valence-electron chi connectivity index (χ2n) is 11.8. The molecule has 1 aliphatic rings. The molecule has 0 saturated carbocycles. The number of fused-ring (bicyclic) bond motifs is 1. The standard InChI is InChI=1S/C34H41NO2/c1-8-9-10-26-20-30-31(34(6,7)23(3)33(30,4)5)21-29(26)22(2)19-24-11-13-25(14-12-24)32(37)35-27-15-17-28(36)18-16-27/h11-21,23,36H,8-10H2,1-7H3,(H,35,37)/b22-19+. The highest BCUT2D eigenvalue weighted by Crippen LogP contribution is 2.54. The Morgan fingerprint density at radius 3 is 2.14 bits per heavy atom. The van der Waals surface area contributed by atoms with Crippen LogP contribution in [-0.2, 0) is 17.3 Å². The lowest BCUT2D eigenvalue weighted by molar-refractivity contribution is 0.102. The fraction of sp³-hybridized carbons (Fsp3) is 0.382. The van der Waals surface area contributed by atoms with Gasteiger partial charge in [-0.25, -0.2) is 0 Å². The number of nitrogens with one attached hydrogen (secondary N) is 1. The number of carbonyl (C=O) groups is 1. The van der Waals surface area contributed by atoms with E-state index < -0.39 is 0 Å². The van der Waals surface area contributed by atoms with Crippen molar-refractivity contribution in [2.75, 3.05) is 5.32 Å². The van der Waals surface area contributed by atoms with Crippen LogP contribution in [0.2, 0.25) is 0 Å². The Bertz CT molecular complexity index is 1310. The average Bonchev–Trinajstić information content (AvgIpc) is 3.00. The predicted octanol–water partition coefficient (Wildman–Crippen LogP) is 8.75. The molecule has 3 aromatic carbocycles. The minimum absolute atomic E-state index is 0.129. The third kappa shape index (κ3) is 5.23. The maximum atomic E-state index is 12.7. The van der Waals surface area contributed by atoms with E-state index in [1.54, 1.807) is 24.3 Å². The number of allylic oxidation sites excluding steroid dienone is 1. The van der Waals surface area contributed by atoms with E-state index in [1.807, 2.05) is 24.3 Å². The highest BCUT2D eigenvalue weighted by Gasteiger charge is 2.48. The van der Waals surface area contributed by atoms with Crippen LogP contribution in [0.5, 0.6) is 5.75 Å². The lowest BCUT2D eigenvalue weighted by atomic mass is 9.71. The molecule has 0 saturated heterocycles. The fourth-order valence-electron chi connectivity index (χ4n) is 5.83. The number of rotatable bonds is 7. The number of hydrogen-bond acceptors (Lipinski definition) is 2. The minimum Gasteiger partial charge on any atom is -0.508 e. The maximum Gasteiger partial charge on any atom is 0.255 e. The molecule has 3 aromatic rings. The molecule has 0 heterocycles. The first-order valence-electron chi connectivity index (χ1n) is 13.5. The molecule has 0 spiro atoms. The van der Waals surface area contributed by atoms with Crippen LogP contribution < -0.4 is 5.32 Å². The molecule has 1 unspecified atom stereocenters. The summed E-state index contributed by atoms with van der Waals surface area (Å²) in [5.74, 6) is 0.568. The number of aromatic hydroxyl groups is 1. The number of carbonyl (C=O) groups excluding carboxylic acids is 1. The lowest BCUT2D eigenvalue weighted by Crippen LogP contribution is -2.30. The van der Waals surface area contributed by atoms with E-state index in [0.29, 0.717) is 17.2 Å². The van der Waals surface area contributed by atoms with Crippen LogP contribution in [0.25, 0.3) is 11.6 Å². The summed E-state index contributed by atoms with van der Waals surface area (Å²) in [5, 5.41) is 12.3. The zero-order valence-electron chi connectivity index (χ0n) is 23.4. The number of aryl methyl sites for hydroxylation is 1. The van der Waals surface area contributed by atoms with Crippen molar-refractivity contribution in [3.8, 4) is 5.75 Å². The number of benzene rings is 3. The quantitative estimate of drug-likeness (QED) is 0.254. The summed E-state index contributed by atoms with van der Waals surface area (Å²) in [7, 11) is 0. The lowest BCUT2D eigenvalue weighted by Gasteiger charge is -2.32. The van der Waals surface area contributed by atoms with E-state index in [9.17, 15) is 9.90 Å². The second kappa shape index (κ2) is 10.2. The van der Waals surface area contributed by atoms with Gasteiger partial charge in [-0.3, -0.25) is 4.79 Å². The minimum atomic E-state index is -0.169. The zero-order valence-corrected chi connectivity index (χ0v) is 23.4.